The van der Waals surface area contributed by atoms with Gasteiger partial charge in [-0.05, 0) is 18.8 Å². The fourth-order valence-corrected chi connectivity index (χ4v) is 2.34. The molecular formula is C15H24O8. The number of esters is 4. The summed E-state index contributed by atoms with van der Waals surface area (Å²) < 4.78 is 18.4. The van der Waals surface area contributed by atoms with E-state index in [2.05, 4.69) is 18.9 Å². The highest BCUT2D eigenvalue weighted by Gasteiger charge is 2.37. The van der Waals surface area contributed by atoms with Crippen molar-refractivity contribution in [2.45, 2.75) is 26.2 Å². The van der Waals surface area contributed by atoms with E-state index in [-0.39, 0.29) is 12.8 Å². The zero-order chi connectivity index (χ0) is 18.0. The number of carbonyl (C=O) groups is 4. The van der Waals surface area contributed by atoms with Gasteiger partial charge in [0.2, 0.25) is 0 Å². The van der Waals surface area contributed by atoms with E-state index >= 15 is 0 Å². The van der Waals surface area contributed by atoms with Crippen LogP contribution in [0.4, 0.5) is 0 Å². The first-order valence-electron chi connectivity index (χ1n) is 7.19. The fraction of sp³-hybridized carbons (Fsp3) is 0.733. The van der Waals surface area contributed by atoms with Crippen molar-refractivity contribution in [3.05, 3.63) is 0 Å². The molecule has 0 heterocycles. The highest BCUT2D eigenvalue weighted by Crippen LogP contribution is 2.26. The smallest absolute Gasteiger partial charge is 0.320 e. The molecule has 0 N–H and O–H groups in total. The second-order valence-corrected chi connectivity index (χ2v) is 4.87. The summed E-state index contributed by atoms with van der Waals surface area (Å²) in [5, 5.41) is 0. The summed E-state index contributed by atoms with van der Waals surface area (Å²) in [6, 6.07) is 0. The van der Waals surface area contributed by atoms with Crippen LogP contribution < -0.4 is 0 Å². The Morgan fingerprint density at radius 2 is 1.09 bits per heavy atom. The molecule has 0 radical (unpaired) electrons. The molecular weight excluding hydrogens is 308 g/mol. The Labute approximate surface area is 135 Å². The van der Waals surface area contributed by atoms with Crippen LogP contribution >= 0.6 is 0 Å². The van der Waals surface area contributed by atoms with Gasteiger partial charge in [-0.3, -0.25) is 19.2 Å². The van der Waals surface area contributed by atoms with E-state index in [1.807, 2.05) is 0 Å². The van der Waals surface area contributed by atoms with Gasteiger partial charge in [-0.15, -0.1) is 0 Å². The minimum absolute atomic E-state index is 0.0857. The highest BCUT2D eigenvalue weighted by atomic mass is 16.5. The van der Waals surface area contributed by atoms with Crippen molar-refractivity contribution in [1.29, 1.82) is 0 Å². The zero-order valence-corrected chi connectivity index (χ0v) is 14.1. The molecule has 0 rings (SSSR count). The number of hydrogen-bond donors (Lipinski definition) is 0. The van der Waals surface area contributed by atoms with Gasteiger partial charge >= 0.3 is 23.9 Å². The van der Waals surface area contributed by atoms with Crippen LogP contribution in [0, 0.1) is 17.8 Å². The molecule has 0 saturated heterocycles. The van der Waals surface area contributed by atoms with Crippen LogP contribution in [0.25, 0.3) is 0 Å². The van der Waals surface area contributed by atoms with Crippen molar-refractivity contribution < 1.29 is 38.1 Å². The maximum atomic E-state index is 11.8. The largest absolute Gasteiger partial charge is 0.468 e. The van der Waals surface area contributed by atoms with E-state index in [1.54, 1.807) is 6.92 Å². The van der Waals surface area contributed by atoms with Crippen molar-refractivity contribution in [2.24, 2.45) is 17.8 Å². The lowest BCUT2D eigenvalue weighted by atomic mass is 9.84. The van der Waals surface area contributed by atoms with Crippen molar-refractivity contribution >= 4 is 23.9 Å². The van der Waals surface area contributed by atoms with Crippen LogP contribution in [0.2, 0.25) is 0 Å². The lowest BCUT2D eigenvalue weighted by molar-refractivity contribution is -0.161. The van der Waals surface area contributed by atoms with Gasteiger partial charge in [-0.25, -0.2) is 0 Å². The number of rotatable bonds is 9. The average molecular weight is 332 g/mol. The highest BCUT2D eigenvalue weighted by molar-refractivity contribution is 5.96. The van der Waals surface area contributed by atoms with Gasteiger partial charge in [0.15, 0.2) is 11.8 Å². The molecule has 0 aromatic carbocycles. The summed E-state index contributed by atoms with van der Waals surface area (Å²) in [6.45, 7) is 1.79. The Balaban J connectivity index is 5.14. The van der Waals surface area contributed by atoms with Crippen LogP contribution in [0.15, 0.2) is 0 Å². The minimum Gasteiger partial charge on any atom is -0.468 e. The third-order valence-electron chi connectivity index (χ3n) is 3.70. The Morgan fingerprint density at radius 1 is 0.696 bits per heavy atom. The van der Waals surface area contributed by atoms with Gasteiger partial charge in [0, 0.05) is 0 Å². The summed E-state index contributed by atoms with van der Waals surface area (Å²) in [5.74, 6) is -5.51. The topological polar surface area (TPSA) is 105 Å². The molecule has 132 valence electrons. The third kappa shape index (κ3) is 5.88. The first-order chi connectivity index (χ1) is 10.9. The molecule has 8 nitrogen and oxygen atoms in total. The minimum atomic E-state index is -1.11. The van der Waals surface area contributed by atoms with E-state index in [4.69, 9.17) is 0 Å². The van der Waals surface area contributed by atoms with Crippen LogP contribution in [0.5, 0.6) is 0 Å². The van der Waals surface area contributed by atoms with E-state index < -0.39 is 41.6 Å². The molecule has 0 fully saturated rings. The lowest BCUT2D eigenvalue weighted by Gasteiger charge is -2.23. The Morgan fingerprint density at radius 3 is 1.39 bits per heavy atom. The van der Waals surface area contributed by atoms with Crippen molar-refractivity contribution in [2.75, 3.05) is 28.4 Å². The fourth-order valence-electron chi connectivity index (χ4n) is 2.34. The van der Waals surface area contributed by atoms with Crippen molar-refractivity contribution in [3.8, 4) is 0 Å². The van der Waals surface area contributed by atoms with Gasteiger partial charge in [0.25, 0.3) is 0 Å². The predicted molar refractivity (Wildman–Crippen MR) is 78.1 cm³/mol. The molecule has 23 heavy (non-hydrogen) atoms. The molecule has 0 aromatic heterocycles. The maximum absolute atomic E-state index is 11.8. The normalized spacial score (nSPS) is 11.8. The molecule has 0 spiro atoms. The Bertz CT molecular complexity index is 399. The van der Waals surface area contributed by atoms with E-state index in [1.165, 1.54) is 28.4 Å². The van der Waals surface area contributed by atoms with E-state index in [0.717, 1.165) is 0 Å². The summed E-state index contributed by atoms with van der Waals surface area (Å²) in [6.07, 6.45) is 0.798. The number of ether oxygens (including phenoxy) is 4. The lowest BCUT2D eigenvalue weighted by Crippen LogP contribution is -2.34. The molecule has 0 amide bonds. The van der Waals surface area contributed by atoms with Crippen molar-refractivity contribution in [3.63, 3.8) is 0 Å². The Hall–Kier alpha value is -2.12. The number of hydrogen-bond acceptors (Lipinski definition) is 8. The van der Waals surface area contributed by atoms with Gasteiger partial charge in [0.05, 0.1) is 28.4 Å². The van der Waals surface area contributed by atoms with E-state index in [9.17, 15) is 19.2 Å². The second-order valence-electron chi connectivity index (χ2n) is 4.87. The molecule has 0 saturated carbocycles. The zero-order valence-electron chi connectivity index (χ0n) is 14.1. The van der Waals surface area contributed by atoms with Gasteiger partial charge < -0.3 is 18.9 Å². The summed E-state index contributed by atoms with van der Waals surface area (Å²) in [4.78, 5) is 47.0. The predicted octanol–water partition coefficient (Wildman–Crippen LogP) is 0.717. The molecule has 0 aromatic rings. The van der Waals surface area contributed by atoms with Crippen LogP contribution in [-0.4, -0.2) is 52.3 Å². The van der Waals surface area contributed by atoms with Crippen LogP contribution in [0.3, 0.4) is 0 Å². The summed E-state index contributed by atoms with van der Waals surface area (Å²) in [7, 11) is 4.69. The van der Waals surface area contributed by atoms with Crippen LogP contribution in [0.1, 0.15) is 26.2 Å². The third-order valence-corrected chi connectivity index (χ3v) is 3.70. The van der Waals surface area contributed by atoms with Crippen molar-refractivity contribution in [1.82, 2.24) is 0 Å². The monoisotopic (exact) mass is 332 g/mol. The SMILES string of the molecule is CCC(CCC(C(=O)OC)C(=O)OC)C(C(=O)OC)C(=O)OC. The summed E-state index contributed by atoms with van der Waals surface area (Å²) in [5.41, 5.74) is 0. The molecule has 1 unspecified atom stereocenters. The molecule has 0 aliphatic heterocycles. The second kappa shape index (κ2) is 10.6. The molecule has 1 atom stereocenters. The molecule has 0 bridgehead atoms. The molecule has 0 aliphatic rings. The van der Waals surface area contributed by atoms with Gasteiger partial charge in [0.1, 0.15) is 0 Å². The van der Waals surface area contributed by atoms with E-state index in [0.29, 0.717) is 6.42 Å². The summed E-state index contributed by atoms with van der Waals surface area (Å²) >= 11 is 0. The van der Waals surface area contributed by atoms with Gasteiger partial charge in [-0.2, -0.15) is 0 Å². The van der Waals surface area contributed by atoms with Crippen LogP contribution in [-0.2, 0) is 38.1 Å². The maximum Gasteiger partial charge on any atom is 0.320 e. The first kappa shape index (κ1) is 20.9. The Kier molecular flexibility index (Phi) is 9.60. The average Bonchev–Trinajstić information content (AvgIpc) is 2.58. The molecule has 0 aliphatic carbocycles. The van der Waals surface area contributed by atoms with Gasteiger partial charge in [-0.1, -0.05) is 13.3 Å². The number of carbonyl (C=O) groups excluding carboxylic acids is 4. The number of methoxy groups -OCH3 is 4. The standard InChI is InChI=1S/C15H24O8/c1-6-9(11(14(18)22-4)15(19)23-5)7-8-10(12(16)20-2)13(17)21-3/h9-11H,6-8H2,1-5H3. The first-order valence-corrected chi connectivity index (χ1v) is 7.19. The quantitative estimate of drug-likeness (QED) is 0.345. The molecule has 8 heteroatoms.